The first-order valence-electron chi connectivity index (χ1n) is 7.33. The average Bonchev–Trinajstić information content (AvgIpc) is 3.04. The molecular formula is C16H21NO3S. The molecule has 4 nitrogen and oxygen atoms in total. The van der Waals surface area contributed by atoms with E-state index in [1.54, 1.807) is 37.6 Å². The number of fused-ring (bicyclic) bond motifs is 2. The predicted octanol–water partition coefficient (Wildman–Crippen LogP) is 2.68. The molecule has 3 unspecified atom stereocenters. The van der Waals surface area contributed by atoms with Gasteiger partial charge in [-0.05, 0) is 55.2 Å². The number of hydrogen-bond donors (Lipinski definition) is 1. The summed E-state index contributed by atoms with van der Waals surface area (Å²) in [5.41, 5.74) is 0.116. The van der Waals surface area contributed by atoms with Gasteiger partial charge in [0.05, 0.1) is 18.3 Å². The fourth-order valence-electron chi connectivity index (χ4n) is 3.77. The monoisotopic (exact) mass is 307 g/mol. The largest absolute Gasteiger partial charge is 0.505 e. The van der Waals surface area contributed by atoms with Gasteiger partial charge < -0.3 is 4.74 Å². The molecule has 0 saturated heterocycles. The van der Waals surface area contributed by atoms with E-state index in [4.69, 9.17) is 4.74 Å². The SMILES string of the molecule is CO/C=C/C12CCC(C1)C(NS(=O)(=O)c1ccccc1)C2. The second kappa shape index (κ2) is 5.46. The molecule has 0 radical (unpaired) electrons. The van der Waals surface area contributed by atoms with E-state index in [1.807, 2.05) is 6.07 Å². The van der Waals surface area contributed by atoms with E-state index < -0.39 is 10.0 Å². The van der Waals surface area contributed by atoms with E-state index >= 15 is 0 Å². The first-order valence-corrected chi connectivity index (χ1v) is 8.81. The van der Waals surface area contributed by atoms with Crippen molar-refractivity contribution in [1.82, 2.24) is 4.72 Å². The Morgan fingerprint density at radius 3 is 2.76 bits per heavy atom. The fraction of sp³-hybridized carbons (Fsp3) is 0.500. The maximum atomic E-state index is 12.4. The van der Waals surface area contributed by atoms with Crippen LogP contribution in [-0.2, 0) is 14.8 Å². The molecule has 1 aromatic carbocycles. The molecule has 2 bridgehead atoms. The molecule has 2 fully saturated rings. The first-order chi connectivity index (χ1) is 10.0. The van der Waals surface area contributed by atoms with E-state index in [-0.39, 0.29) is 11.5 Å². The Balaban J connectivity index is 1.74. The van der Waals surface area contributed by atoms with Crippen LogP contribution in [0.5, 0.6) is 0 Å². The van der Waals surface area contributed by atoms with Gasteiger partial charge in [0.2, 0.25) is 10.0 Å². The summed E-state index contributed by atoms with van der Waals surface area (Å²) in [6.07, 6.45) is 7.97. The summed E-state index contributed by atoms with van der Waals surface area (Å²) in [5, 5.41) is 0. The topological polar surface area (TPSA) is 55.4 Å². The molecule has 5 heteroatoms. The highest BCUT2D eigenvalue weighted by Gasteiger charge is 2.50. The highest BCUT2D eigenvalue weighted by atomic mass is 32.2. The van der Waals surface area contributed by atoms with Crippen LogP contribution in [0.25, 0.3) is 0 Å². The van der Waals surface area contributed by atoms with Gasteiger partial charge in [-0.3, -0.25) is 0 Å². The van der Waals surface area contributed by atoms with E-state index in [2.05, 4.69) is 10.8 Å². The highest BCUT2D eigenvalue weighted by molar-refractivity contribution is 7.89. The van der Waals surface area contributed by atoms with Crippen molar-refractivity contribution >= 4 is 10.0 Å². The zero-order valence-corrected chi connectivity index (χ0v) is 13.0. The van der Waals surface area contributed by atoms with E-state index in [0.29, 0.717) is 10.8 Å². The zero-order chi connectivity index (χ0) is 14.9. The van der Waals surface area contributed by atoms with Crippen molar-refractivity contribution in [3.63, 3.8) is 0 Å². The lowest BCUT2D eigenvalue weighted by Crippen LogP contribution is -2.39. The van der Waals surface area contributed by atoms with Crippen LogP contribution in [0, 0.1) is 11.3 Å². The minimum atomic E-state index is -3.42. The van der Waals surface area contributed by atoms with Gasteiger partial charge in [0.1, 0.15) is 0 Å². The summed E-state index contributed by atoms with van der Waals surface area (Å²) in [6, 6.07) is 8.62. The van der Waals surface area contributed by atoms with Gasteiger partial charge >= 0.3 is 0 Å². The van der Waals surface area contributed by atoms with Gasteiger partial charge in [0, 0.05) is 6.04 Å². The van der Waals surface area contributed by atoms with Crippen LogP contribution in [0.2, 0.25) is 0 Å². The minimum absolute atomic E-state index is 0.0328. The molecule has 114 valence electrons. The van der Waals surface area contributed by atoms with Crippen LogP contribution in [-0.4, -0.2) is 21.6 Å². The maximum Gasteiger partial charge on any atom is 0.240 e. The summed E-state index contributed by atoms with van der Waals surface area (Å²) in [7, 11) is -1.78. The van der Waals surface area contributed by atoms with Crippen LogP contribution in [0.4, 0.5) is 0 Å². The molecule has 1 N–H and O–H groups in total. The number of sulfonamides is 1. The average molecular weight is 307 g/mol. The summed E-state index contributed by atoms with van der Waals surface area (Å²) in [5.74, 6) is 0.435. The van der Waals surface area contributed by atoms with Crippen LogP contribution < -0.4 is 4.72 Å². The van der Waals surface area contributed by atoms with Crippen LogP contribution in [0.1, 0.15) is 25.7 Å². The molecule has 2 aliphatic carbocycles. The Morgan fingerprint density at radius 2 is 2.05 bits per heavy atom. The summed E-state index contributed by atoms with van der Waals surface area (Å²) < 4.78 is 32.8. The number of methoxy groups -OCH3 is 1. The molecule has 0 spiro atoms. The quantitative estimate of drug-likeness (QED) is 0.851. The van der Waals surface area contributed by atoms with E-state index in [1.165, 1.54) is 0 Å². The Bertz CT molecular complexity index is 626. The van der Waals surface area contributed by atoms with Gasteiger partial charge in [-0.2, -0.15) is 0 Å². The Labute approximate surface area is 126 Å². The summed E-state index contributed by atoms with van der Waals surface area (Å²) in [4.78, 5) is 0.342. The number of allylic oxidation sites excluding steroid dienone is 1. The van der Waals surface area contributed by atoms with Gasteiger partial charge in [0.15, 0.2) is 0 Å². The molecule has 0 aliphatic heterocycles. The lowest BCUT2D eigenvalue weighted by atomic mass is 9.83. The molecule has 1 aromatic rings. The van der Waals surface area contributed by atoms with Crippen molar-refractivity contribution in [2.45, 2.75) is 36.6 Å². The van der Waals surface area contributed by atoms with E-state index in [9.17, 15) is 8.42 Å². The van der Waals surface area contributed by atoms with Gasteiger partial charge in [0.25, 0.3) is 0 Å². The number of rotatable bonds is 5. The fourth-order valence-corrected chi connectivity index (χ4v) is 5.10. The van der Waals surface area contributed by atoms with Crippen LogP contribution in [0.3, 0.4) is 0 Å². The molecule has 3 rings (SSSR count). The molecule has 21 heavy (non-hydrogen) atoms. The predicted molar refractivity (Wildman–Crippen MR) is 81.1 cm³/mol. The molecule has 2 saturated carbocycles. The Morgan fingerprint density at radius 1 is 1.29 bits per heavy atom. The molecule has 0 heterocycles. The molecule has 0 amide bonds. The van der Waals surface area contributed by atoms with Crippen molar-refractivity contribution < 1.29 is 13.2 Å². The number of nitrogens with one attached hydrogen (secondary N) is 1. The van der Waals surface area contributed by atoms with Gasteiger partial charge in [-0.25, -0.2) is 13.1 Å². The highest BCUT2D eigenvalue weighted by Crippen LogP contribution is 2.55. The number of benzene rings is 1. The summed E-state index contributed by atoms with van der Waals surface area (Å²) in [6.45, 7) is 0. The number of ether oxygens (including phenoxy) is 1. The molecule has 0 aromatic heterocycles. The molecular weight excluding hydrogens is 286 g/mol. The Kier molecular flexibility index (Phi) is 3.80. The summed E-state index contributed by atoms with van der Waals surface area (Å²) >= 11 is 0. The third-order valence-electron chi connectivity index (χ3n) is 4.79. The van der Waals surface area contributed by atoms with Crippen molar-refractivity contribution in [3.05, 3.63) is 42.7 Å². The van der Waals surface area contributed by atoms with Crippen molar-refractivity contribution in [2.24, 2.45) is 11.3 Å². The van der Waals surface area contributed by atoms with Gasteiger partial charge in [-0.1, -0.05) is 18.2 Å². The molecule has 2 aliphatic rings. The van der Waals surface area contributed by atoms with Crippen LogP contribution >= 0.6 is 0 Å². The maximum absolute atomic E-state index is 12.4. The second-order valence-corrected chi connectivity index (χ2v) is 7.86. The van der Waals surface area contributed by atoms with Crippen LogP contribution in [0.15, 0.2) is 47.6 Å². The zero-order valence-electron chi connectivity index (χ0n) is 12.2. The normalized spacial score (nSPS) is 31.9. The first kappa shape index (κ1) is 14.6. The lowest BCUT2D eigenvalue weighted by molar-refractivity contribution is 0.305. The Hall–Kier alpha value is -1.33. The standard InChI is InChI=1S/C16H21NO3S/c1-20-10-9-16-8-7-13(11-16)15(12-16)17-21(18,19)14-5-3-2-4-6-14/h2-6,9-10,13,15,17H,7-8,11-12H2,1H3/b10-9+. The second-order valence-electron chi connectivity index (χ2n) is 6.15. The van der Waals surface area contributed by atoms with Crippen molar-refractivity contribution in [2.75, 3.05) is 7.11 Å². The smallest absolute Gasteiger partial charge is 0.240 e. The van der Waals surface area contributed by atoms with Gasteiger partial charge in [-0.15, -0.1) is 0 Å². The van der Waals surface area contributed by atoms with E-state index in [0.717, 1.165) is 25.7 Å². The van der Waals surface area contributed by atoms with Crippen molar-refractivity contribution in [3.8, 4) is 0 Å². The lowest BCUT2D eigenvalue weighted by Gasteiger charge is -2.27. The number of hydrogen-bond acceptors (Lipinski definition) is 3. The third-order valence-corrected chi connectivity index (χ3v) is 6.30. The minimum Gasteiger partial charge on any atom is -0.505 e. The molecule has 3 atom stereocenters. The third kappa shape index (κ3) is 2.85. The van der Waals surface area contributed by atoms with Crippen molar-refractivity contribution in [1.29, 1.82) is 0 Å².